The van der Waals surface area contributed by atoms with E-state index in [1.54, 1.807) is 6.20 Å². The minimum atomic E-state index is -0.763. The van der Waals surface area contributed by atoms with Crippen molar-refractivity contribution in [2.75, 3.05) is 29.4 Å². The van der Waals surface area contributed by atoms with Crippen molar-refractivity contribution < 1.29 is 9.90 Å². The Hall–Kier alpha value is -1.85. The molecule has 1 aromatic rings. The summed E-state index contributed by atoms with van der Waals surface area (Å²) in [5, 5.41) is 9.27. The number of nitrogens with zero attached hydrogens (tertiary/aromatic N) is 4. The van der Waals surface area contributed by atoms with Crippen LogP contribution in [0.1, 0.15) is 32.1 Å². The van der Waals surface area contributed by atoms with Crippen LogP contribution in [0, 0.1) is 0 Å². The molecular weight excluding hydrogens is 256 g/mol. The number of hydrogen-bond donors (Lipinski definition) is 1. The molecule has 108 valence electrons. The van der Waals surface area contributed by atoms with Crippen LogP contribution < -0.4 is 9.80 Å². The molecule has 2 aliphatic rings. The Morgan fingerprint density at radius 1 is 1.20 bits per heavy atom. The average molecular weight is 276 g/mol. The maximum Gasteiger partial charge on any atom is 0.326 e. The van der Waals surface area contributed by atoms with Crippen molar-refractivity contribution in [2.45, 2.75) is 38.1 Å². The predicted molar refractivity (Wildman–Crippen MR) is 76.1 cm³/mol. The summed E-state index contributed by atoms with van der Waals surface area (Å²) in [7, 11) is 0. The number of carbonyl (C=O) groups is 1. The number of hydrogen-bond acceptors (Lipinski definition) is 5. The van der Waals surface area contributed by atoms with E-state index < -0.39 is 12.0 Å². The topological polar surface area (TPSA) is 69.6 Å². The van der Waals surface area contributed by atoms with E-state index in [1.165, 1.54) is 19.3 Å². The number of carboxylic acids is 1. The summed E-state index contributed by atoms with van der Waals surface area (Å²) in [5.41, 5.74) is 0. The highest BCUT2D eigenvalue weighted by atomic mass is 16.4. The lowest BCUT2D eigenvalue weighted by Gasteiger charge is -2.28. The van der Waals surface area contributed by atoms with E-state index >= 15 is 0 Å². The van der Waals surface area contributed by atoms with Gasteiger partial charge in [0, 0.05) is 25.8 Å². The van der Waals surface area contributed by atoms with Crippen molar-refractivity contribution in [1.29, 1.82) is 0 Å². The summed E-state index contributed by atoms with van der Waals surface area (Å²) in [6.45, 7) is 2.74. The molecule has 0 saturated carbocycles. The lowest BCUT2D eigenvalue weighted by molar-refractivity contribution is -0.138. The second-order valence-electron chi connectivity index (χ2n) is 5.45. The third kappa shape index (κ3) is 2.55. The highest BCUT2D eigenvalue weighted by Crippen LogP contribution is 2.25. The van der Waals surface area contributed by atoms with Gasteiger partial charge >= 0.3 is 5.97 Å². The van der Waals surface area contributed by atoms with Crippen LogP contribution in [0.25, 0.3) is 0 Å². The largest absolute Gasteiger partial charge is 0.480 e. The molecule has 0 bridgehead atoms. The number of aliphatic carboxylic acids is 1. The van der Waals surface area contributed by atoms with Crippen molar-refractivity contribution in [3.8, 4) is 0 Å². The predicted octanol–water partition coefficient (Wildman–Crippen LogP) is 1.52. The van der Waals surface area contributed by atoms with Crippen molar-refractivity contribution >= 4 is 17.7 Å². The second kappa shape index (κ2) is 5.64. The first-order valence-corrected chi connectivity index (χ1v) is 7.33. The molecule has 2 saturated heterocycles. The number of anilines is 2. The maximum absolute atomic E-state index is 11.3. The fourth-order valence-corrected chi connectivity index (χ4v) is 3.04. The maximum atomic E-state index is 11.3. The normalized spacial score (nSPS) is 23.1. The van der Waals surface area contributed by atoms with Crippen LogP contribution in [0.2, 0.25) is 0 Å². The van der Waals surface area contributed by atoms with E-state index in [9.17, 15) is 9.90 Å². The molecule has 0 aliphatic carbocycles. The molecule has 1 N–H and O–H groups in total. The average Bonchev–Trinajstić information content (AvgIpc) is 2.98. The van der Waals surface area contributed by atoms with Gasteiger partial charge in [0.25, 0.3) is 0 Å². The van der Waals surface area contributed by atoms with E-state index in [0.29, 0.717) is 6.42 Å². The van der Waals surface area contributed by atoms with Crippen LogP contribution in [0.15, 0.2) is 12.3 Å². The minimum absolute atomic E-state index is 0.445. The van der Waals surface area contributed by atoms with Gasteiger partial charge in [0.1, 0.15) is 11.9 Å². The third-order valence-corrected chi connectivity index (χ3v) is 4.10. The Kier molecular flexibility index (Phi) is 3.71. The van der Waals surface area contributed by atoms with Crippen LogP contribution in [-0.4, -0.2) is 46.7 Å². The molecule has 6 nitrogen and oxygen atoms in total. The molecular formula is C14H20N4O2. The lowest BCUT2D eigenvalue weighted by Crippen LogP contribution is -2.37. The second-order valence-corrected chi connectivity index (χ2v) is 5.45. The van der Waals surface area contributed by atoms with Crippen molar-refractivity contribution in [1.82, 2.24) is 9.97 Å². The smallest absolute Gasteiger partial charge is 0.326 e. The Bertz CT molecular complexity index is 488. The van der Waals surface area contributed by atoms with Crippen LogP contribution >= 0.6 is 0 Å². The first-order valence-electron chi connectivity index (χ1n) is 7.33. The van der Waals surface area contributed by atoms with Gasteiger partial charge in [-0.25, -0.2) is 9.78 Å². The molecule has 0 unspecified atom stereocenters. The van der Waals surface area contributed by atoms with E-state index in [-0.39, 0.29) is 0 Å². The number of piperidine rings is 1. The summed E-state index contributed by atoms with van der Waals surface area (Å²) < 4.78 is 0. The molecule has 2 fully saturated rings. The van der Waals surface area contributed by atoms with Gasteiger partial charge in [-0.15, -0.1) is 0 Å². The van der Waals surface area contributed by atoms with Gasteiger partial charge in [-0.2, -0.15) is 4.98 Å². The van der Waals surface area contributed by atoms with Gasteiger partial charge in [-0.05, 0) is 38.2 Å². The first kappa shape index (κ1) is 13.1. The molecule has 3 heterocycles. The van der Waals surface area contributed by atoms with Crippen LogP contribution in [0.4, 0.5) is 11.8 Å². The quantitative estimate of drug-likeness (QED) is 0.902. The van der Waals surface area contributed by atoms with Gasteiger partial charge in [-0.1, -0.05) is 0 Å². The van der Waals surface area contributed by atoms with Gasteiger partial charge in [0.05, 0.1) is 0 Å². The fraction of sp³-hybridized carbons (Fsp3) is 0.643. The molecule has 2 aliphatic heterocycles. The molecule has 3 rings (SSSR count). The zero-order valence-electron chi connectivity index (χ0n) is 11.5. The minimum Gasteiger partial charge on any atom is -0.480 e. The molecule has 0 aromatic carbocycles. The molecule has 1 aromatic heterocycles. The Morgan fingerprint density at radius 3 is 2.75 bits per heavy atom. The number of aromatic nitrogens is 2. The van der Waals surface area contributed by atoms with E-state index in [1.807, 2.05) is 11.0 Å². The van der Waals surface area contributed by atoms with Crippen molar-refractivity contribution in [3.63, 3.8) is 0 Å². The fourth-order valence-electron chi connectivity index (χ4n) is 3.04. The first-order chi connectivity index (χ1) is 9.75. The third-order valence-electron chi connectivity index (χ3n) is 4.10. The Morgan fingerprint density at radius 2 is 2.00 bits per heavy atom. The van der Waals surface area contributed by atoms with Gasteiger partial charge in [-0.3, -0.25) is 0 Å². The van der Waals surface area contributed by atoms with Gasteiger partial charge < -0.3 is 14.9 Å². The lowest BCUT2D eigenvalue weighted by atomic mass is 10.1. The Labute approximate surface area is 118 Å². The summed E-state index contributed by atoms with van der Waals surface area (Å²) in [4.78, 5) is 24.3. The summed E-state index contributed by atoms with van der Waals surface area (Å²) in [5.74, 6) is 0.712. The summed E-state index contributed by atoms with van der Waals surface area (Å²) in [6.07, 6.45) is 6.95. The van der Waals surface area contributed by atoms with E-state index in [2.05, 4.69) is 14.9 Å². The molecule has 1 atom stereocenters. The molecule has 0 amide bonds. The van der Waals surface area contributed by atoms with Crippen LogP contribution in [-0.2, 0) is 4.79 Å². The zero-order valence-corrected chi connectivity index (χ0v) is 11.5. The van der Waals surface area contributed by atoms with Crippen molar-refractivity contribution in [2.24, 2.45) is 0 Å². The number of carboxylic acid groups (broad SMARTS) is 1. The highest BCUT2D eigenvalue weighted by Gasteiger charge is 2.31. The molecule has 0 radical (unpaired) electrons. The van der Waals surface area contributed by atoms with E-state index in [4.69, 9.17) is 0 Å². The Balaban J connectivity index is 1.81. The standard InChI is InChI=1S/C14H20N4O2/c19-13(20)11-5-4-10-18(11)12-6-7-15-14(16-12)17-8-2-1-3-9-17/h6-7,11H,1-5,8-10H2,(H,19,20)/t11-/m0/s1. The highest BCUT2D eigenvalue weighted by molar-refractivity contribution is 5.78. The molecule has 0 spiro atoms. The molecule has 6 heteroatoms. The van der Waals surface area contributed by atoms with Crippen molar-refractivity contribution in [3.05, 3.63) is 12.3 Å². The van der Waals surface area contributed by atoms with Crippen LogP contribution in [0.3, 0.4) is 0 Å². The van der Waals surface area contributed by atoms with Crippen LogP contribution in [0.5, 0.6) is 0 Å². The van der Waals surface area contributed by atoms with E-state index in [0.717, 1.165) is 37.8 Å². The molecule has 20 heavy (non-hydrogen) atoms. The summed E-state index contributed by atoms with van der Waals surface area (Å²) in [6, 6.07) is 1.37. The van der Waals surface area contributed by atoms with Gasteiger partial charge in [0.15, 0.2) is 0 Å². The summed E-state index contributed by atoms with van der Waals surface area (Å²) >= 11 is 0. The monoisotopic (exact) mass is 276 g/mol. The SMILES string of the molecule is O=C(O)[C@@H]1CCCN1c1ccnc(N2CCCCC2)n1. The zero-order chi connectivity index (χ0) is 13.9. The number of rotatable bonds is 3. The van der Waals surface area contributed by atoms with Gasteiger partial charge in [0.2, 0.25) is 5.95 Å².